The number of amides is 1. The molecule has 28 heavy (non-hydrogen) atoms. The summed E-state index contributed by atoms with van der Waals surface area (Å²) in [5, 5.41) is 2.88. The average Bonchev–Trinajstić information content (AvgIpc) is 3.15. The normalized spacial score (nSPS) is 24.4. The molecule has 7 heteroatoms. The third-order valence-corrected chi connectivity index (χ3v) is 7.73. The van der Waals surface area contributed by atoms with E-state index >= 15 is 0 Å². The summed E-state index contributed by atoms with van der Waals surface area (Å²) >= 11 is 0. The lowest BCUT2D eigenvalue weighted by atomic mass is 9.74. The molecular weight excluding hydrogens is 376 g/mol. The minimum atomic E-state index is -3.84. The summed E-state index contributed by atoms with van der Waals surface area (Å²) in [5.41, 5.74) is 1.38. The molecule has 146 valence electrons. The number of nitrogens with one attached hydrogen (secondary N) is 1. The van der Waals surface area contributed by atoms with Gasteiger partial charge in [-0.2, -0.15) is 4.31 Å². The molecule has 2 aliphatic rings. The van der Waals surface area contributed by atoms with E-state index in [0.717, 1.165) is 11.1 Å². The molecule has 2 aromatic carbocycles. The van der Waals surface area contributed by atoms with Crippen LogP contribution in [0.3, 0.4) is 0 Å². The fourth-order valence-corrected chi connectivity index (χ4v) is 6.12. The predicted octanol–water partition coefficient (Wildman–Crippen LogP) is 2.63. The largest absolute Gasteiger partial charge is 0.325 e. The minimum absolute atomic E-state index is 0.00710. The Kier molecular flexibility index (Phi) is 4.39. The number of fused-ring (bicyclic) bond motifs is 2. The lowest BCUT2D eigenvalue weighted by Gasteiger charge is -2.33. The number of benzene rings is 2. The predicted molar refractivity (Wildman–Crippen MR) is 106 cm³/mol. The quantitative estimate of drug-likeness (QED) is 0.858. The number of nitrogens with zero attached hydrogens (tertiary/aromatic N) is 1. The Morgan fingerprint density at radius 3 is 2.54 bits per heavy atom. The van der Waals surface area contributed by atoms with E-state index in [9.17, 15) is 18.0 Å². The molecule has 0 aliphatic carbocycles. The highest BCUT2D eigenvalue weighted by atomic mass is 32.2. The molecule has 0 aromatic heterocycles. The van der Waals surface area contributed by atoms with Crippen molar-refractivity contribution < 1.29 is 18.0 Å². The zero-order valence-electron chi connectivity index (χ0n) is 15.8. The number of rotatable bonds is 4. The Labute approximate surface area is 164 Å². The van der Waals surface area contributed by atoms with Crippen molar-refractivity contribution in [3.05, 3.63) is 59.7 Å². The van der Waals surface area contributed by atoms with Crippen LogP contribution < -0.4 is 5.32 Å². The molecular formula is C21H22N2O4S. The van der Waals surface area contributed by atoms with E-state index < -0.39 is 21.5 Å². The molecule has 4 rings (SSSR count). The second-order valence-electron chi connectivity index (χ2n) is 7.57. The van der Waals surface area contributed by atoms with Crippen LogP contribution in [0.1, 0.15) is 30.9 Å². The van der Waals surface area contributed by atoms with Gasteiger partial charge in [0.2, 0.25) is 15.9 Å². The first-order chi connectivity index (χ1) is 13.3. The van der Waals surface area contributed by atoms with Gasteiger partial charge in [-0.1, -0.05) is 35.9 Å². The highest BCUT2D eigenvalue weighted by molar-refractivity contribution is 7.89. The van der Waals surface area contributed by atoms with Gasteiger partial charge in [0.15, 0.2) is 0 Å². The van der Waals surface area contributed by atoms with E-state index in [0.29, 0.717) is 12.1 Å². The van der Waals surface area contributed by atoms with Gasteiger partial charge in [0, 0.05) is 18.7 Å². The van der Waals surface area contributed by atoms with Gasteiger partial charge in [0.05, 0.1) is 16.4 Å². The molecule has 1 N–H and O–H groups in total. The van der Waals surface area contributed by atoms with Gasteiger partial charge >= 0.3 is 0 Å². The molecule has 2 aliphatic heterocycles. The second-order valence-corrected chi connectivity index (χ2v) is 9.46. The molecule has 1 saturated heterocycles. The van der Waals surface area contributed by atoms with E-state index in [4.69, 9.17) is 0 Å². The molecule has 2 aromatic rings. The van der Waals surface area contributed by atoms with Gasteiger partial charge in [-0.3, -0.25) is 9.59 Å². The fraction of sp³-hybridized carbons (Fsp3) is 0.333. The highest BCUT2D eigenvalue weighted by Crippen LogP contribution is 2.50. The van der Waals surface area contributed by atoms with Crippen molar-refractivity contribution in [2.75, 3.05) is 11.9 Å². The van der Waals surface area contributed by atoms with E-state index in [1.54, 1.807) is 24.3 Å². The van der Waals surface area contributed by atoms with E-state index in [2.05, 4.69) is 5.32 Å². The van der Waals surface area contributed by atoms with Crippen LogP contribution >= 0.6 is 0 Å². The third kappa shape index (κ3) is 2.69. The van der Waals surface area contributed by atoms with Crippen molar-refractivity contribution in [1.29, 1.82) is 0 Å². The maximum absolute atomic E-state index is 13.4. The van der Waals surface area contributed by atoms with Crippen molar-refractivity contribution >= 4 is 27.4 Å². The number of Topliss-reactive ketones (excluding diaryl/α,β-unsaturated/α-hetero) is 1. The van der Waals surface area contributed by atoms with Gasteiger partial charge in [0.25, 0.3) is 0 Å². The summed E-state index contributed by atoms with van der Waals surface area (Å²) in [5.74, 6) is -0.380. The van der Waals surface area contributed by atoms with Gasteiger partial charge in [0.1, 0.15) is 5.78 Å². The number of hydrogen-bond acceptors (Lipinski definition) is 4. The summed E-state index contributed by atoms with van der Waals surface area (Å²) in [6, 6.07) is 13.2. The van der Waals surface area contributed by atoms with Gasteiger partial charge < -0.3 is 5.32 Å². The number of aryl methyl sites for hydroxylation is 1. The third-order valence-electron chi connectivity index (χ3n) is 5.81. The summed E-state index contributed by atoms with van der Waals surface area (Å²) in [6.45, 7) is 3.51. The SMILES string of the molecule is CC(=O)C[C@H]1N(S(=O)(=O)c2ccc(C)cc2)CC[C@@]12C(=O)Nc1ccccc12. The molecule has 2 atom stereocenters. The first-order valence-electron chi connectivity index (χ1n) is 9.26. The van der Waals surface area contributed by atoms with Crippen molar-refractivity contribution in [2.45, 2.75) is 43.0 Å². The van der Waals surface area contributed by atoms with Crippen LogP contribution in [0.15, 0.2) is 53.4 Å². The second kappa shape index (κ2) is 6.53. The average molecular weight is 398 g/mol. The monoisotopic (exact) mass is 398 g/mol. The molecule has 0 bridgehead atoms. The van der Waals surface area contributed by atoms with Crippen LogP contribution in [0.25, 0.3) is 0 Å². The maximum atomic E-state index is 13.4. The van der Waals surface area contributed by atoms with Crippen LogP contribution in [-0.4, -0.2) is 37.0 Å². The van der Waals surface area contributed by atoms with Crippen molar-refractivity contribution in [3.8, 4) is 0 Å². The molecule has 6 nitrogen and oxygen atoms in total. The number of para-hydroxylation sites is 1. The van der Waals surface area contributed by atoms with E-state index in [1.165, 1.54) is 11.2 Å². The molecule has 1 spiro atoms. The molecule has 0 radical (unpaired) electrons. The number of carbonyl (C=O) groups is 2. The van der Waals surface area contributed by atoms with Gasteiger partial charge in [-0.05, 0) is 44.0 Å². The smallest absolute Gasteiger partial charge is 0.243 e. The number of ketones is 1. The molecule has 0 saturated carbocycles. The molecule has 0 unspecified atom stereocenters. The zero-order chi connectivity index (χ0) is 20.1. The maximum Gasteiger partial charge on any atom is 0.243 e. The summed E-state index contributed by atoms with van der Waals surface area (Å²) < 4.78 is 28.1. The van der Waals surface area contributed by atoms with Crippen molar-refractivity contribution in [2.24, 2.45) is 0 Å². The van der Waals surface area contributed by atoms with Crippen molar-refractivity contribution in [1.82, 2.24) is 4.31 Å². The Morgan fingerprint density at radius 2 is 1.86 bits per heavy atom. The van der Waals surface area contributed by atoms with Gasteiger partial charge in [-0.25, -0.2) is 8.42 Å². The number of hydrogen-bond donors (Lipinski definition) is 1. The van der Waals surface area contributed by atoms with Crippen LogP contribution in [0.2, 0.25) is 0 Å². The van der Waals surface area contributed by atoms with Crippen LogP contribution in [0.5, 0.6) is 0 Å². The lowest BCUT2D eigenvalue weighted by Crippen LogP contribution is -2.49. The number of anilines is 1. The van der Waals surface area contributed by atoms with Crippen LogP contribution in [0, 0.1) is 6.92 Å². The Balaban J connectivity index is 1.84. The first kappa shape index (κ1) is 18.8. The van der Waals surface area contributed by atoms with Crippen molar-refractivity contribution in [3.63, 3.8) is 0 Å². The van der Waals surface area contributed by atoms with E-state index in [1.807, 2.05) is 31.2 Å². The summed E-state index contributed by atoms with van der Waals surface area (Å²) in [6.07, 6.45) is 0.339. The fourth-order valence-electron chi connectivity index (χ4n) is 4.45. The standard InChI is InChI=1S/C21H22N2O4S/c1-14-7-9-16(10-8-14)28(26,27)23-12-11-21(19(23)13-15(2)24)17-5-3-4-6-18(17)22-20(21)25/h3-10,19H,11-13H2,1-2H3,(H,22,25)/t19-,21+/m1/s1. The molecule has 1 amide bonds. The topological polar surface area (TPSA) is 83.6 Å². The Bertz CT molecular complexity index is 1060. The summed E-state index contributed by atoms with van der Waals surface area (Å²) in [4.78, 5) is 25.3. The number of carbonyl (C=O) groups excluding carboxylic acids is 2. The zero-order valence-corrected chi connectivity index (χ0v) is 16.6. The van der Waals surface area contributed by atoms with Crippen LogP contribution in [0.4, 0.5) is 5.69 Å². The molecule has 1 fully saturated rings. The molecule has 2 heterocycles. The van der Waals surface area contributed by atoms with E-state index in [-0.39, 0.29) is 29.6 Å². The Hall–Kier alpha value is -2.51. The lowest BCUT2D eigenvalue weighted by molar-refractivity contribution is -0.122. The Morgan fingerprint density at radius 1 is 1.18 bits per heavy atom. The minimum Gasteiger partial charge on any atom is -0.325 e. The first-order valence-corrected chi connectivity index (χ1v) is 10.7. The highest BCUT2D eigenvalue weighted by Gasteiger charge is 2.60. The van der Waals surface area contributed by atoms with Crippen LogP contribution in [-0.2, 0) is 25.0 Å². The van der Waals surface area contributed by atoms with Gasteiger partial charge in [-0.15, -0.1) is 0 Å². The summed E-state index contributed by atoms with van der Waals surface area (Å²) in [7, 11) is -3.84. The number of sulfonamides is 1.